The Hall–Kier alpha value is -2.86. The molecule has 2 amide bonds. The van der Waals surface area contributed by atoms with Gasteiger partial charge in [-0.05, 0) is 37.5 Å². The van der Waals surface area contributed by atoms with Crippen LogP contribution in [0, 0.1) is 11.7 Å². The number of amides is 2. The van der Waals surface area contributed by atoms with Gasteiger partial charge in [0, 0.05) is 28.8 Å². The van der Waals surface area contributed by atoms with Crippen LogP contribution in [0.2, 0.25) is 10.0 Å². The minimum absolute atomic E-state index is 0.0709. The molecule has 2 fully saturated rings. The second-order valence-corrected chi connectivity index (χ2v) is 9.17. The molecule has 0 bridgehead atoms. The molecule has 8 nitrogen and oxygen atoms in total. The second-order valence-electron chi connectivity index (χ2n) is 8.30. The number of carbonyl (C=O) groups is 2. The lowest BCUT2D eigenvalue weighted by Crippen LogP contribution is -2.64. The topological polar surface area (TPSA) is 104 Å². The Balaban J connectivity index is 1.65. The first-order valence-electron chi connectivity index (χ1n) is 10.6. The molecule has 14 heteroatoms. The Morgan fingerprint density at radius 1 is 1.03 bits per heavy atom. The first-order chi connectivity index (χ1) is 16.5. The number of benzene rings is 1. The molecule has 35 heavy (non-hydrogen) atoms. The Morgan fingerprint density at radius 3 is 2.37 bits per heavy atom. The van der Waals surface area contributed by atoms with Crippen molar-refractivity contribution in [1.82, 2.24) is 14.9 Å². The monoisotopic (exact) mass is 534 g/mol. The molecule has 2 saturated heterocycles. The van der Waals surface area contributed by atoms with Crippen molar-refractivity contribution in [3.8, 4) is 0 Å². The average Bonchev–Trinajstić information content (AvgIpc) is 2.76. The molecule has 188 valence electrons. The lowest BCUT2D eigenvalue weighted by molar-refractivity contribution is -0.200. The third-order valence-corrected chi connectivity index (χ3v) is 6.49. The summed E-state index contributed by atoms with van der Waals surface area (Å²) < 4.78 is 56.5. The number of nitrogens with two attached hydrogens (primary N) is 1. The summed E-state index contributed by atoms with van der Waals surface area (Å²) in [6.07, 6.45) is -3.75. The van der Waals surface area contributed by atoms with Crippen molar-refractivity contribution >= 4 is 52.3 Å². The molecule has 4 rings (SSSR count). The van der Waals surface area contributed by atoms with Gasteiger partial charge in [-0.3, -0.25) is 14.5 Å². The van der Waals surface area contributed by atoms with E-state index in [1.807, 2.05) is 0 Å². The Bertz CT molecular complexity index is 1130. The maximum absolute atomic E-state index is 14.5. The van der Waals surface area contributed by atoms with Crippen molar-refractivity contribution in [3.63, 3.8) is 0 Å². The molecule has 0 saturated carbocycles. The fraction of sp³-hybridized carbons (Fsp3) is 0.429. The molecular weight excluding hydrogens is 515 g/mol. The van der Waals surface area contributed by atoms with E-state index < -0.39 is 66.4 Å². The van der Waals surface area contributed by atoms with E-state index in [0.29, 0.717) is 28.6 Å². The van der Waals surface area contributed by atoms with Crippen molar-refractivity contribution in [3.05, 3.63) is 40.4 Å². The summed E-state index contributed by atoms with van der Waals surface area (Å²) in [4.78, 5) is 35.6. The average molecular weight is 535 g/mol. The highest BCUT2D eigenvalue weighted by molar-refractivity contribution is 6.35. The van der Waals surface area contributed by atoms with Crippen LogP contribution in [-0.2, 0) is 9.59 Å². The summed E-state index contributed by atoms with van der Waals surface area (Å²) in [5.41, 5.74) is 5.85. The van der Waals surface area contributed by atoms with Crippen LogP contribution in [0.3, 0.4) is 0 Å². The molecule has 2 aromatic rings. The fourth-order valence-corrected chi connectivity index (χ4v) is 5.01. The number of hydrogen-bond acceptors (Lipinski definition) is 6. The standard InChI is InChI=1S/C21H20Cl2F4N6O2/c22-10-6-11(23)8-12(7-10)31-14-2-1-4-32(19(14)34)16-13(21(25,26)27)3-5-33(20(16)35)18-15(24)17(28)29-9-30-18/h6-9,13-14,16,31H,1-5H2,(H2,28,29,30)/t13?,14-,16?/m1/s1. The number of piperidine rings is 2. The van der Waals surface area contributed by atoms with Gasteiger partial charge in [-0.1, -0.05) is 23.2 Å². The third-order valence-electron chi connectivity index (χ3n) is 6.05. The van der Waals surface area contributed by atoms with Crippen LogP contribution in [0.5, 0.6) is 0 Å². The normalized spacial score (nSPS) is 23.5. The van der Waals surface area contributed by atoms with E-state index in [1.165, 1.54) is 18.2 Å². The largest absolute Gasteiger partial charge is 0.394 e. The van der Waals surface area contributed by atoms with Crippen molar-refractivity contribution in [2.75, 3.05) is 29.0 Å². The molecule has 0 spiro atoms. The van der Waals surface area contributed by atoms with Crippen LogP contribution in [0.4, 0.5) is 34.9 Å². The zero-order chi connectivity index (χ0) is 25.5. The van der Waals surface area contributed by atoms with Gasteiger partial charge in [0.2, 0.25) is 11.7 Å². The van der Waals surface area contributed by atoms with Crippen LogP contribution in [-0.4, -0.2) is 58.0 Å². The van der Waals surface area contributed by atoms with E-state index in [-0.39, 0.29) is 6.54 Å². The van der Waals surface area contributed by atoms with Gasteiger partial charge in [-0.2, -0.15) is 17.6 Å². The predicted molar refractivity (Wildman–Crippen MR) is 122 cm³/mol. The molecule has 3 heterocycles. The number of halogens is 6. The molecule has 1 aromatic heterocycles. The summed E-state index contributed by atoms with van der Waals surface area (Å²) >= 11 is 12.0. The lowest BCUT2D eigenvalue weighted by atomic mass is 9.87. The molecule has 2 aliphatic rings. The predicted octanol–water partition coefficient (Wildman–Crippen LogP) is 3.89. The minimum atomic E-state index is -4.77. The SMILES string of the molecule is Nc1ncnc(N2CCC(C(F)(F)F)C(N3CCC[C@@H](Nc4cc(Cl)cc(Cl)c4)C3=O)C2=O)c1F. The van der Waals surface area contributed by atoms with Gasteiger partial charge >= 0.3 is 6.18 Å². The van der Waals surface area contributed by atoms with Gasteiger partial charge in [0.15, 0.2) is 11.6 Å². The number of nitrogens with one attached hydrogen (secondary N) is 1. The number of carbonyl (C=O) groups excluding carboxylic acids is 2. The van der Waals surface area contributed by atoms with E-state index in [1.54, 1.807) is 0 Å². The Morgan fingerprint density at radius 2 is 1.71 bits per heavy atom. The molecule has 0 aliphatic carbocycles. The van der Waals surface area contributed by atoms with Crippen LogP contribution in [0.15, 0.2) is 24.5 Å². The van der Waals surface area contributed by atoms with E-state index in [9.17, 15) is 27.2 Å². The van der Waals surface area contributed by atoms with Gasteiger partial charge < -0.3 is 16.0 Å². The van der Waals surface area contributed by atoms with Crippen LogP contribution in [0.1, 0.15) is 19.3 Å². The first kappa shape index (κ1) is 25.2. The zero-order valence-corrected chi connectivity index (χ0v) is 19.5. The van der Waals surface area contributed by atoms with E-state index in [4.69, 9.17) is 28.9 Å². The lowest BCUT2D eigenvalue weighted by Gasteiger charge is -2.45. The van der Waals surface area contributed by atoms with Crippen molar-refractivity contribution in [2.24, 2.45) is 5.92 Å². The highest BCUT2D eigenvalue weighted by Crippen LogP contribution is 2.40. The summed E-state index contributed by atoms with van der Waals surface area (Å²) in [5, 5.41) is 3.56. The van der Waals surface area contributed by atoms with E-state index in [2.05, 4.69) is 15.3 Å². The Kier molecular flexibility index (Phi) is 6.96. The summed E-state index contributed by atoms with van der Waals surface area (Å²) in [6, 6.07) is 1.73. The zero-order valence-electron chi connectivity index (χ0n) is 18.0. The summed E-state index contributed by atoms with van der Waals surface area (Å²) in [6.45, 7) is -0.518. The van der Waals surface area contributed by atoms with Gasteiger partial charge in [-0.25, -0.2) is 9.97 Å². The van der Waals surface area contributed by atoms with Crippen molar-refractivity contribution in [1.29, 1.82) is 0 Å². The van der Waals surface area contributed by atoms with Crippen molar-refractivity contribution < 1.29 is 27.2 Å². The van der Waals surface area contributed by atoms with Crippen LogP contribution < -0.4 is 16.0 Å². The number of hydrogen-bond donors (Lipinski definition) is 2. The maximum Gasteiger partial charge on any atom is 0.394 e. The summed E-state index contributed by atoms with van der Waals surface area (Å²) in [7, 11) is 0. The first-order valence-corrected chi connectivity index (χ1v) is 11.4. The fourth-order valence-electron chi connectivity index (χ4n) is 4.48. The number of anilines is 3. The number of aromatic nitrogens is 2. The minimum Gasteiger partial charge on any atom is -0.381 e. The Labute approximate surface area is 207 Å². The van der Waals surface area contributed by atoms with E-state index >= 15 is 0 Å². The number of nitrogen functional groups attached to an aromatic ring is 1. The highest BCUT2D eigenvalue weighted by Gasteiger charge is 2.55. The molecular formula is C21H20Cl2F4N6O2. The van der Waals surface area contributed by atoms with Gasteiger partial charge in [0.1, 0.15) is 18.4 Å². The number of likely N-dealkylation sites (tertiary alicyclic amines) is 1. The van der Waals surface area contributed by atoms with Gasteiger partial charge in [-0.15, -0.1) is 0 Å². The van der Waals surface area contributed by atoms with Gasteiger partial charge in [0.05, 0.1) is 5.92 Å². The number of nitrogens with zero attached hydrogens (tertiary/aromatic N) is 4. The number of rotatable bonds is 4. The van der Waals surface area contributed by atoms with Crippen LogP contribution in [0.25, 0.3) is 0 Å². The molecule has 3 N–H and O–H groups in total. The third kappa shape index (κ3) is 5.08. The maximum atomic E-state index is 14.5. The molecule has 0 radical (unpaired) electrons. The molecule has 1 aromatic carbocycles. The smallest absolute Gasteiger partial charge is 0.381 e. The van der Waals surface area contributed by atoms with Crippen LogP contribution >= 0.6 is 23.2 Å². The summed E-state index contributed by atoms with van der Waals surface area (Å²) in [5.74, 6) is -6.10. The second kappa shape index (κ2) is 9.65. The van der Waals surface area contributed by atoms with Gasteiger partial charge in [0.25, 0.3) is 5.91 Å². The molecule has 2 unspecified atom stereocenters. The molecule has 3 atom stereocenters. The highest BCUT2D eigenvalue weighted by atomic mass is 35.5. The quantitative estimate of drug-likeness (QED) is 0.576. The van der Waals surface area contributed by atoms with Crippen molar-refractivity contribution in [2.45, 2.75) is 37.5 Å². The molecule has 2 aliphatic heterocycles. The number of alkyl halides is 3. The van der Waals surface area contributed by atoms with E-state index in [0.717, 1.165) is 16.1 Å².